The van der Waals surface area contributed by atoms with E-state index in [4.69, 9.17) is 19.9 Å². The Labute approximate surface area is 192 Å². The van der Waals surface area contributed by atoms with Crippen molar-refractivity contribution in [2.45, 2.75) is 52.5 Å². The van der Waals surface area contributed by atoms with E-state index in [2.05, 4.69) is 49.4 Å². The highest BCUT2D eigenvalue weighted by molar-refractivity contribution is 5.89. The molecule has 174 valence electrons. The second-order valence-corrected chi connectivity index (χ2v) is 8.80. The molecule has 0 aliphatic carbocycles. The van der Waals surface area contributed by atoms with Crippen LogP contribution in [0.3, 0.4) is 0 Å². The molecule has 2 atom stereocenters. The average Bonchev–Trinajstić information content (AvgIpc) is 3.11. The summed E-state index contributed by atoms with van der Waals surface area (Å²) in [4.78, 5) is 7.04. The van der Waals surface area contributed by atoms with Crippen molar-refractivity contribution in [2.24, 2.45) is 11.7 Å². The number of nitrogens with zero attached hydrogens (tertiary/aromatic N) is 2. The van der Waals surface area contributed by atoms with Crippen LogP contribution in [-0.2, 0) is 17.6 Å². The zero-order valence-corrected chi connectivity index (χ0v) is 20.0. The number of likely N-dealkylation sites (tertiary alicyclic amines) is 1. The maximum absolute atomic E-state index is 6.27. The first-order chi connectivity index (χ1) is 15.4. The number of allylic oxidation sites excluding steroid dienone is 1. The van der Waals surface area contributed by atoms with Crippen molar-refractivity contribution in [1.82, 2.24) is 15.2 Å². The van der Waals surface area contributed by atoms with E-state index in [1.165, 1.54) is 0 Å². The van der Waals surface area contributed by atoms with E-state index in [0.717, 1.165) is 90.5 Å². The van der Waals surface area contributed by atoms with Gasteiger partial charge in [0.05, 0.1) is 17.0 Å². The molecule has 2 aromatic rings. The highest BCUT2D eigenvalue weighted by Gasteiger charge is 2.25. The van der Waals surface area contributed by atoms with Crippen molar-refractivity contribution in [1.29, 1.82) is 0 Å². The predicted molar refractivity (Wildman–Crippen MR) is 132 cm³/mol. The fraction of sp³-hybridized carbons (Fsp3) is 0.500. The molecule has 1 fully saturated rings. The summed E-state index contributed by atoms with van der Waals surface area (Å²) in [5.41, 5.74) is 12.6. The summed E-state index contributed by atoms with van der Waals surface area (Å²) >= 11 is 0. The van der Waals surface area contributed by atoms with Gasteiger partial charge in [-0.2, -0.15) is 0 Å². The lowest BCUT2D eigenvalue weighted by molar-refractivity contribution is 0.195. The Morgan fingerprint density at radius 3 is 2.84 bits per heavy atom. The van der Waals surface area contributed by atoms with Gasteiger partial charge < -0.3 is 25.1 Å². The SMILES string of the molecule is C=C(NC(=C)c1c(CC)oc2cc(CCCOC)cnc12)/C(=C\C)N1C[C@H](C)C[C@H](N)C1. The minimum Gasteiger partial charge on any atom is -0.459 e. The lowest BCUT2D eigenvalue weighted by Crippen LogP contribution is -2.46. The first kappa shape index (κ1) is 24.1. The zero-order chi connectivity index (χ0) is 23.3. The molecule has 0 unspecified atom stereocenters. The molecule has 32 heavy (non-hydrogen) atoms. The van der Waals surface area contributed by atoms with Crippen LogP contribution >= 0.6 is 0 Å². The Morgan fingerprint density at radius 2 is 2.19 bits per heavy atom. The summed E-state index contributed by atoms with van der Waals surface area (Å²) < 4.78 is 11.3. The van der Waals surface area contributed by atoms with Crippen LogP contribution in [0.4, 0.5) is 0 Å². The number of nitrogens with two attached hydrogens (primary N) is 1. The molecule has 1 aliphatic rings. The number of ether oxygens (including phenoxy) is 1. The van der Waals surface area contributed by atoms with Gasteiger partial charge >= 0.3 is 0 Å². The van der Waals surface area contributed by atoms with Crippen molar-refractivity contribution in [3.63, 3.8) is 0 Å². The molecule has 0 radical (unpaired) electrons. The average molecular weight is 439 g/mol. The fourth-order valence-corrected chi connectivity index (χ4v) is 4.64. The number of aromatic nitrogens is 1. The van der Waals surface area contributed by atoms with Gasteiger partial charge in [-0.05, 0) is 43.7 Å². The van der Waals surface area contributed by atoms with Crippen LogP contribution in [0.5, 0.6) is 0 Å². The number of hydrogen-bond donors (Lipinski definition) is 2. The molecule has 0 amide bonds. The Morgan fingerprint density at radius 1 is 1.41 bits per heavy atom. The molecule has 3 rings (SSSR count). The van der Waals surface area contributed by atoms with Gasteiger partial charge in [-0.1, -0.05) is 33.1 Å². The van der Waals surface area contributed by atoms with Crippen molar-refractivity contribution >= 4 is 16.8 Å². The van der Waals surface area contributed by atoms with Crippen LogP contribution in [0.15, 0.2) is 47.3 Å². The van der Waals surface area contributed by atoms with Gasteiger partial charge in [0.25, 0.3) is 0 Å². The van der Waals surface area contributed by atoms with Crippen molar-refractivity contribution in [2.75, 3.05) is 26.8 Å². The maximum Gasteiger partial charge on any atom is 0.153 e. The Hall–Kier alpha value is -2.57. The first-order valence-electron chi connectivity index (χ1n) is 11.6. The van der Waals surface area contributed by atoms with Crippen molar-refractivity contribution in [3.8, 4) is 0 Å². The van der Waals surface area contributed by atoms with Gasteiger partial charge in [-0.15, -0.1) is 0 Å². The number of methoxy groups -OCH3 is 1. The van der Waals surface area contributed by atoms with Gasteiger partial charge in [-0.25, -0.2) is 0 Å². The van der Waals surface area contributed by atoms with Crippen LogP contribution in [0, 0.1) is 5.92 Å². The molecule has 1 aliphatic heterocycles. The van der Waals surface area contributed by atoms with Gasteiger partial charge in [0.15, 0.2) is 5.58 Å². The number of rotatable bonds is 10. The number of piperidine rings is 1. The molecule has 0 aromatic carbocycles. The van der Waals surface area contributed by atoms with Gasteiger partial charge in [0.2, 0.25) is 0 Å². The molecule has 0 saturated carbocycles. The molecule has 0 bridgehead atoms. The lowest BCUT2D eigenvalue weighted by atomic mass is 9.95. The standard InChI is InChI=1S/C26H38N4O2/c1-7-22(30-15-17(3)12-21(27)16-30)18(4)29-19(5)25-23(8-2)32-24-13-20(10-9-11-31-6)14-28-26(24)25/h7,13-14,17,21,29H,4-5,8-12,15-16,27H2,1-3,6H3/b22-7+/t17-,21+/m1/s1. The molecule has 3 heterocycles. The first-order valence-corrected chi connectivity index (χ1v) is 11.6. The number of nitrogens with one attached hydrogen (secondary N) is 1. The summed E-state index contributed by atoms with van der Waals surface area (Å²) in [6.07, 6.45) is 7.69. The Bertz CT molecular complexity index is 981. The number of furan rings is 1. The molecule has 0 spiro atoms. The van der Waals surface area contributed by atoms with Crippen LogP contribution in [0.2, 0.25) is 0 Å². The highest BCUT2D eigenvalue weighted by Crippen LogP contribution is 2.31. The number of pyridine rings is 1. The van der Waals surface area contributed by atoms with Crippen LogP contribution in [0.1, 0.15) is 50.5 Å². The summed E-state index contributed by atoms with van der Waals surface area (Å²) in [6, 6.07) is 2.26. The largest absolute Gasteiger partial charge is 0.459 e. The molecule has 6 heteroatoms. The Balaban J connectivity index is 1.80. The zero-order valence-electron chi connectivity index (χ0n) is 20.0. The smallest absolute Gasteiger partial charge is 0.153 e. The monoisotopic (exact) mass is 438 g/mol. The van der Waals surface area contributed by atoms with E-state index in [0.29, 0.717) is 5.92 Å². The summed E-state index contributed by atoms with van der Waals surface area (Å²) in [6.45, 7) is 17.5. The second-order valence-electron chi connectivity index (χ2n) is 8.80. The van der Waals surface area contributed by atoms with E-state index in [9.17, 15) is 0 Å². The number of hydrogen-bond acceptors (Lipinski definition) is 6. The quantitative estimate of drug-likeness (QED) is 0.416. The van der Waals surface area contributed by atoms with Crippen molar-refractivity contribution in [3.05, 3.63) is 59.8 Å². The van der Waals surface area contributed by atoms with Crippen LogP contribution in [-0.4, -0.2) is 42.7 Å². The number of fused-ring (bicyclic) bond motifs is 1. The summed E-state index contributed by atoms with van der Waals surface area (Å²) in [5, 5.41) is 3.43. The predicted octanol–water partition coefficient (Wildman–Crippen LogP) is 4.62. The third kappa shape index (κ3) is 5.43. The third-order valence-electron chi connectivity index (χ3n) is 6.01. The minimum atomic E-state index is 0.177. The summed E-state index contributed by atoms with van der Waals surface area (Å²) in [7, 11) is 1.72. The topological polar surface area (TPSA) is 76.6 Å². The van der Waals surface area contributed by atoms with Gasteiger partial charge in [0, 0.05) is 51.2 Å². The van der Waals surface area contributed by atoms with Gasteiger partial charge in [-0.3, -0.25) is 4.98 Å². The van der Waals surface area contributed by atoms with E-state index >= 15 is 0 Å². The minimum absolute atomic E-state index is 0.177. The lowest BCUT2D eigenvalue weighted by Gasteiger charge is -2.38. The fourth-order valence-electron chi connectivity index (χ4n) is 4.64. The third-order valence-corrected chi connectivity index (χ3v) is 6.01. The molecule has 2 aromatic heterocycles. The molecular formula is C26H38N4O2. The molecular weight excluding hydrogens is 400 g/mol. The highest BCUT2D eigenvalue weighted by atomic mass is 16.5. The van der Waals surface area contributed by atoms with Crippen LogP contribution in [0.25, 0.3) is 16.8 Å². The van der Waals surface area contributed by atoms with Crippen LogP contribution < -0.4 is 11.1 Å². The van der Waals surface area contributed by atoms with E-state index in [1.807, 2.05) is 13.1 Å². The van der Waals surface area contributed by atoms with Gasteiger partial charge in [0.1, 0.15) is 11.3 Å². The number of aryl methyl sites for hydroxylation is 2. The maximum atomic E-state index is 6.27. The Kier molecular flexibility index (Phi) is 8.15. The van der Waals surface area contributed by atoms with E-state index < -0.39 is 0 Å². The molecule has 3 N–H and O–H groups in total. The molecule has 6 nitrogen and oxygen atoms in total. The normalized spacial score (nSPS) is 19.4. The van der Waals surface area contributed by atoms with E-state index in [-0.39, 0.29) is 6.04 Å². The summed E-state index contributed by atoms with van der Waals surface area (Å²) in [5.74, 6) is 1.43. The second kappa shape index (κ2) is 10.8. The van der Waals surface area contributed by atoms with E-state index in [1.54, 1.807) is 7.11 Å². The van der Waals surface area contributed by atoms with Crippen molar-refractivity contribution < 1.29 is 9.15 Å². The molecule has 1 saturated heterocycles.